The molecule has 0 bridgehead atoms. The van der Waals surface area contributed by atoms with Crippen molar-refractivity contribution in [3.05, 3.63) is 29.0 Å². The topological polar surface area (TPSA) is 49.3 Å². The number of pyridine rings is 1. The van der Waals surface area contributed by atoms with Gasteiger partial charge in [-0.05, 0) is 62.0 Å². The monoisotopic (exact) mass is 334 g/mol. The van der Waals surface area contributed by atoms with Gasteiger partial charge in [0.1, 0.15) is 5.15 Å². The molecule has 0 saturated heterocycles. The van der Waals surface area contributed by atoms with E-state index in [4.69, 9.17) is 16.6 Å². The number of hydrogen-bond donors (Lipinski definition) is 2. The van der Waals surface area contributed by atoms with E-state index in [1.807, 2.05) is 18.3 Å². The largest absolute Gasteiger partial charge is 0.357 e. The Bertz CT molecular complexity index is 532. The van der Waals surface area contributed by atoms with Crippen molar-refractivity contribution in [3.8, 4) is 0 Å². The molecule has 23 heavy (non-hydrogen) atoms. The summed E-state index contributed by atoms with van der Waals surface area (Å²) >= 11 is 5.82. The van der Waals surface area contributed by atoms with E-state index in [9.17, 15) is 0 Å². The van der Waals surface area contributed by atoms with E-state index < -0.39 is 0 Å². The summed E-state index contributed by atoms with van der Waals surface area (Å²) < 4.78 is 0. The Balaban J connectivity index is 1.49. The summed E-state index contributed by atoms with van der Waals surface area (Å²) in [5.41, 5.74) is 1.72. The van der Waals surface area contributed by atoms with Gasteiger partial charge in [-0.25, -0.2) is 4.98 Å². The lowest BCUT2D eigenvalue weighted by Gasteiger charge is -2.41. The highest BCUT2D eigenvalue weighted by molar-refractivity contribution is 6.29. The molecule has 0 spiro atoms. The van der Waals surface area contributed by atoms with Gasteiger partial charge in [0.05, 0.1) is 0 Å². The zero-order valence-corrected chi connectivity index (χ0v) is 14.7. The van der Waals surface area contributed by atoms with Crippen LogP contribution in [0, 0.1) is 11.3 Å². The molecule has 0 aliphatic heterocycles. The summed E-state index contributed by atoms with van der Waals surface area (Å²) in [6.07, 6.45) is 9.73. The molecule has 2 saturated carbocycles. The Labute approximate surface area is 144 Å². The molecule has 0 unspecified atom stereocenters. The van der Waals surface area contributed by atoms with Gasteiger partial charge < -0.3 is 10.6 Å². The van der Waals surface area contributed by atoms with Crippen molar-refractivity contribution in [1.29, 1.82) is 0 Å². The van der Waals surface area contributed by atoms with E-state index >= 15 is 0 Å². The Morgan fingerprint density at radius 3 is 2.74 bits per heavy atom. The molecule has 0 radical (unpaired) electrons. The van der Waals surface area contributed by atoms with E-state index in [0.717, 1.165) is 37.9 Å². The second-order valence-electron chi connectivity index (χ2n) is 6.85. The minimum atomic E-state index is 0.530. The van der Waals surface area contributed by atoms with Crippen LogP contribution in [-0.4, -0.2) is 30.6 Å². The van der Waals surface area contributed by atoms with Crippen molar-refractivity contribution in [2.24, 2.45) is 16.3 Å². The summed E-state index contributed by atoms with van der Waals surface area (Å²) in [5, 5.41) is 7.35. The highest BCUT2D eigenvalue weighted by atomic mass is 35.5. The van der Waals surface area contributed by atoms with Crippen LogP contribution < -0.4 is 10.6 Å². The standard InChI is InChI=1S/C18H27ClN4/c1-2-20-17(21-11-8-14-4-7-16(19)22-12-14)23-13-18(9-3-10-18)15-5-6-15/h4,7,12,15H,2-3,5-6,8-11,13H2,1H3,(H2,20,21,23). The maximum atomic E-state index is 5.82. The summed E-state index contributed by atoms with van der Waals surface area (Å²) in [5.74, 6) is 1.89. The number of nitrogens with one attached hydrogen (secondary N) is 2. The highest BCUT2D eigenvalue weighted by Crippen LogP contribution is 2.57. The third-order valence-electron chi connectivity index (χ3n) is 5.18. The molecule has 2 fully saturated rings. The van der Waals surface area contributed by atoms with Crippen LogP contribution in [0.4, 0.5) is 0 Å². The Morgan fingerprint density at radius 2 is 2.17 bits per heavy atom. The van der Waals surface area contributed by atoms with Gasteiger partial charge in [0.2, 0.25) is 0 Å². The van der Waals surface area contributed by atoms with Crippen LogP contribution in [0.1, 0.15) is 44.6 Å². The summed E-state index contributed by atoms with van der Waals surface area (Å²) in [6, 6.07) is 3.86. The van der Waals surface area contributed by atoms with Crippen molar-refractivity contribution >= 4 is 17.6 Å². The van der Waals surface area contributed by atoms with Gasteiger partial charge in [-0.2, -0.15) is 0 Å². The molecule has 2 N–H and O–H groups in total. The number of aliphatic imine (C=N–C) groups is 1. The van der Waals surface area contributed by atoms with E-state index in [-0.39, 0.29) is 0 Å². The molecule has 0 atom stereocenters. The predicted molar refractivity (Wildman–Crippen MR) is 95.9 cm³/mol. The van der Waals surface area contributed by atoms with Crippen LogP contribution in [0.25, 0.3) is 0 Å². The first-order valence-corrected chi connectivity index (χ1v) is 9.22. The summed E-state index contributed by atoms with van der Waals surface area (Å²) in [4.78, 5) is 8.99. The molecular weight excluding hydrogens is 308 g/mol. The lowest BCUT2D eigenvalue weighted by atomic mass is 9.65. The fourth-order valence-electron chi connectivity index (χ4n) is 3.48. The minimum Gasteiger partial charge on any atom is -0.357 e. The van der Waals surface area contributed by atoms with Crippen LogP contribution in [-0.2, 0) is 6.42 Å². The van der Waals surface area contributed by atoms with Crippen LogP contribution in [0.3, 0.4) is 0 Å². The molecular formula is C18H27ClN4. The smallest absolute Gasteiger partial charge is 0.191 e. The number of halogens is 1. The maximum Gasteiger partial charge on any atom is 0.191 e. The third-order valence-corrected chi connectivity index (χ3v) is 5.41. The first-order valence-electron chi connectivity index (χ1n) is 8.84. The van der Waals surface area contributed by atoms with Crippen LogP contribution >= 0.6 is 11.6 Å². The number of hydrogen-bond acceptors (Lipinski definition) is 2. The molecule has 0 amide bonds. The molecule has 0 aromatic carbocycles. The van der Waals surface area contributed by atoms with Gasteiger partial charge in [-0.1, -0.05) is 24.1 Å². The number of guanidine groups is 1. The van der Waals surface area contributed by atoms with Crippen molar-refractivity contribution in [1.82, 2.24) is 15.6 Å². The SMILES string of the molecule is CCNC(=NCC1(C2CC2)CCC1)NCCc1ccc(Cl)nc1. The second kappa shape index (κ2) is 7.52. The van der Waals surface area contributed by atoms with Crippen molar-refractivity contribution in [2.75, 3.05) is 19.6 Å². The molecule has 3 rings (SSSR count). The van der Waals surface area contributed by atoms with Crippen molar-refractivity contribution < 1.29 is 0 Å². The van der Waals surface area contributed by atoms with Crippen LogP contribution in [0.2, 0.25) is 5.15 Å². The molecule has 2 aliphatic carbocycles. The van der Waals surface area contributed by atoms with Gasteiger partial charge in [0, 0.05) is 25.8 Å². The quantitative estimate of drug-likeness (QED) is 0.456. The Morgan fingerprint density at radius 1 is 1.35 bits per heavy atom. The van der Waals surface area contributed by atoms with Gasteiger partial charge in [-0.3, -0.25) is 4.99 Å². The molecule has 2 aliphatic rings. The number of aromatic nitrogens is 1. The first-order chi connectivity index (χ1) is 11.2. The average molecular weight is 335 g/mol. The van der Waals surface area contributed by atoms with E-state index in [1.54, 1.807) is 0 Å². The number of rotatable bonds is 7. The molecule has 4 nitrogen and oxygen atoms in total. The van der Waals surface area contributed by atoms with E-state index in [1.165, 1.54) is 37.7 Å². The van der Waals surface area contributed by atoms with Gasteiger partial charge in [0.25, 0.3) is 0 Å². The summed E-state index contributed by atoms with van der Waals surface area (Å²) in [6.45, 7) is 4.84. The molecule has 5 heteroatoms. The molecule has 1 aromatic rings. The normalized spacial score (nSPS) is 20.0. The third kappa shape index (κ3) is 4.37. The lowest BCUT2D eigenvalue weighted by Crippen LogP contribution is -2.41. The minimum absolute atomic E-state index is 0.530. The molecule has 1 heterocycles. The number of nitrogens with zero attached hydrogens (tertiary/aromatic N) is 2. The Hall–Kier alpha value is -1.29. The predicted octanol–water partition coefficient (Wildman–Crippen LogP) is 3.41. The molecule has 1 aromatic heterocycles. The van der Waals surface area contributed by atoms with Gasteiger partial charge in [0.15, 0.2) is 5.96 Å². The van der Waals surface area contributed by atoms with Crippen LogP contribution in [0.15, 0.2) is 23.3 Å². The van der Waals surface area contributed by atoms with E-state index in [0.29, 0.717) is 10.6 Å². The van der Waals surface area contributed by atoms with Crippen molar-refractivity contribution in [3.63, 3.8) is 0 Å². The summed E-state index contributed by atoms with van der Waals surface area (Å²) in [7, 11) is 0. The first kappa shape index (κ1) is 16.6. The maximum absolute atomic E-state index is 5.82. The fourth-order valence-corrected chi connectivity index (χ4v) is 3.59. The fraction of sp³-hybridized carbons (Fsp3) is 0.667. The zero-order chi connectivity index (χ0) is 16.1. The van der Waals surface area contributed by atoms with Gasteiger partial charge in [-0.15, -0.1) is 0 Å². The van der Waals surface area contributed by atoms with Crippen LogP contribution in [0.5, 0.6) is 0 Å². The lowest BCUT2D eigenvalue weighted by molar-refractivity contribution is 0.113. The molecule has 126 valence electrons. The van der Waals surface area contributed by atoms with E-state index in [2.05, 4.69) is 22.5 Å². The van der Waals surface area contributed by atoms with Gasteiger partial charge >= 0.3 is 0 Å². The average Bonchev–Trinajstić information content (AvgIpc) is 3.33. The second-order valence-corrected chi connectivity index (χ2v) is 7.24. The Kier molecular flexibility index (Phi) is 5.42. The highest BCUT2D eigenvalue weighted by Gasteiger charge is 2.48. The zero-order valence-electron chi connectivity index (χ0n) is 13.9. The van der Waals surface area contributed by atoms with Crippen molar-refractivity contribution in [2.45, 2.75) is 45.4 Å².